The topological polar surface area (TPSA) is 107 Å². The number of thiazole rings is 1. The summed E-state index contributed by atoms with van der Waals surface area (Å²) in [7, 11) is 0. The van der Waals surface area contributed by atoms with Gasteiger partial charge in [-0.05, 0) is 18.8 Å². The number of nitrogens with two attached hydrogens (primary N) is 1. The lowest BCUT2D eigenvalue weighted by atomic mass is 10.0. The lowest BCUT2D eigenvalue weighted by Gasteiger charge is -2.17. The summed E-state index contributed by atoms with van der Waals surface area (Å²) in [5.74, 6) is 1.50. The largest absolute Gasteiger partial charge is 0.339 e. The first-order valence-electron chi connectivity index (χ1n) is 7.37. The number of nitrogens with one attached hydrogen (secondary N) is 1. The van der Waals surface area contributed by atoms with Gasteiger partial charge < -0.3 is 15.6 Å². The van der Waals surface area contributed by atoms with Gasteiger partial charge in [-0.2, -0.15) is 4.98 Å². The zero-order valence-corrected chi connectivity index (χ0v) is 14.6. The fourth-order valence-corrected chi connectivity index (χ4v) is 2.77. The molecule has 1 fully saturated rings. The Kier molecular flexibility index (Phi) is 5.72. The highest BCUT2D eigenvalue weighted by Crippen LogP contribution is 2.38. The van der Waals surface area contributed by atoms with Crippen molar-refractivity contribution in [1.82, 2.24) is 20.4 Å². The van der Waals surface area contributed by atoms with E-state index in [4.69, 9.17) is 10.3 Å². The molecule has 0 spiro atoms. The van der Waals surface area contributed by atoms with Gasteiger partial charge in [0.2, 0.25) is 5.89 Å². The quantitative estimate of drug-likeness (QED) is 0.822. The van der Waals surface area contributed by atoms with Crippen molar-refractivity contribution in [2.24, 2.45) is 11.7 Å². The van der Waals surface area contributed by atoms with Gasteiger partial charge in [-0.3, -0.25) is 4.79 Å². The molecule has 1 saturated carbocycles. The van der Waals surface area contributed by atoms with E-state index in [2.05, 4.69) is 20.4 Å². The van der Waals surface area contributed by atoms with E-state index in [1.807, 2.05) is 13.8 Å². The van der Waals surface area contributed by atoms with E-state index in [1.54, 1.807) is 5.38 Å². The Hall–Kier alpha value is -1.51. The number of carbonyl (C=O) groups is 1. The Morgan fingerprint density at radius 1 is 1.48 bits per heavy atom. The molecule has 2 aromatic rings. The summed E-state index contributed by atoms with van der Waals surface area (Å²) in [5.41, 5.74) is 5.90. The van der Waals surface area contributed by atoms with Gasteiger partial charge in [-0.1, -0.05) is 19.0 Å². The van der Waals surface area contributed by atoms with Crippen molar-refractivity contribution < 1.29 is 9.32 Å². The predicted octanol–water partition coefficient (Wildman–Crippen LogP) is 2.41. The van der Waals surface area contributed by atoms with Crippen LogP contribution in [0.4, 0.5) is 0 Å². The zero-order valence-electron chi connectivity index (χ0n) is 13.0. The molecule has 3 rings (SSSR count). The second-order valence-electron chi connectivity index (χ2n) is 5.79. The molecule has 1 unspecified atom stereocenters. The second kappa shape index (κ2) is 7.37. The van der Waals surface area contributed by atoms with E-state index in [9.17, 15) is 4.79 Å². The van der Waals surface area contributed by atoms with Crippen LogP contribution in [0.1, 0.15) is 65.9 Å². The lowest BCUT2D eigenvalue weighted by molar-refractivity contribution is 0.0909. The summed E-state index contributed by atoms with van der Waals surface area (Å²) in [6, 6.07) is -0.324. The molecule has 1 aliphatic rings. The van der Waals surface area contributed by atoms with Crippen molar-refractivity contribution >= 4 is 29.7 Å². The summed E-state index contributed by atoms with van der Waals surface area (Å²) in [6.45, 7) is 4.33. The zero-order chi connectivity index (χ0) is 15.7. The Labute approximate surface area is 144 Å². The van der Waals surface area contributed by atoms with Crippen molar-refractivity contribution in [2.75, 3.05) is 0 Å². The van der Waals surface area contributed by atoms with E-state index in [1.165, 1.54) is 11.3 Å². The second-order valence-corrected chi connectivity index (χ2v) is 6.73. The van der Waals surface area contributed by atoms with Crippen LogP contribution in [-0.2, 0) is 6.54 Å². The third-order valence-corrected chi connectivity index (χ3v) is 4.45. The van der Waals surface area contributed by atoms with Crippen molar-refractivity contribution in [1.29, 1.82) is 0 Å². The third kappa shape index (κ3) is 4.07. The molecule has 0 bridgehead atoms. The van der Waals surface area contributed by atoms with E-state index in [0.29, 0.717) is 24.0 Å². The van der Waals surface area contributed by atoms with Gasteiger partial charge in [0.15, 0.2) is 5.82 Å². The van der Waals surface area contributed by atoms with Crippen LogP contribution in [0.2, 0.25) is 0 Å². The summed E-state index contributed by atoms with van der Waals surface area (Å²) in [6.07, 6.45) is 2.22. The minimum Gasteiger partial charge on any atom is -0.339 e. The van der Waals surface area contributed by atoms with Gasteiger partial charge in [-0.25, -0.2) is 4.98 Å². The molecule has 7 nitrogen and oxygen atoms in total. The summed E-state index contributed by atoms with van der Waals surface area (Å²) in [5, 5.41) is 9.38. The predicted molar refractivity (Wildman–Crippen MR) is 88.6 cm³/mol. The van der Waals surface area contributed by atoms with Gasteiger partial charge in [0.05, 0.1) is 0 Å². The molecule has 0 saturated heterocycles. The Bertz CT molecular complexity index is 668. The molecular formula is C14H20ClN5O2S. The maximum absolute atomic E-state index is 12.3. The molecule has 23 heavy (non-hydrogen) atoms. The van der Waals surface area contributed by atoms with Crippen molar-refractivity contribution in [2.45, 2.75) is 45.2 Å². The molecule has 1 aliphatic carbocycles. The molecule has 126 valence electrons. The molecule has 1 atom stereocenters. The summed E-state index contributed by atoms with van der Waals surface area (Å²) < 4.78 is 5.34. The molecule has 1 amide bonds. The lowest BCUT2D eigenvalue weighted by Crippen LogP contribution is -2.32. The fourth-order valence-electron chi connectivity index (χ4n) is 2.12. The van der Waals surface area contributed by atoms with Gasteiger partial charge in [0.25, 0.3) is 5.91 Å². The number of rotatable bonds is 6. The maximum atomic E-state index is 12.3. The van der Waals surface area contributed by atoms with Crippen molar-refractivity contribution in [3.05, 3.63) is 27.8 Å². The third-order valence-electron chi connectivity index (χ3n) is 3.58. The van der Waals surface area contributed by atoms with Crippen LogP contribution in [-0.4, -0.2) is 21.0 Å². The highest BCUT2D eigenvalue weighted by Gasteiger charge is 2.32. The number of amides is 1. The standard InChI is InChI=1S/C14H19N5O2S.ClH/c1-7(2)11(14-18-12(19-21-14)8-3-4-8)17-13(20)9-6-22-10(5-15)16-9;/h6-8,11H,3-5,15H2,1-2H3,(H,17,20);1H. The number of nitrogens with zero attached hydrogens (tertiary/aromatic N) is 3. The highest BCUT2D eigenvalue weighted by atomic mass is 35.5. The van der Waals surface area contributed by atoms with E-state index < -0.39 is 0 Å². The Morgan fingerprint density at radius 2 is 2.22 bits per heavy atom. The number of hydrogen-bond donors (Lipinski definition) is 2. The average molecular weight is 358 g/mol. The SMILES string of the molecule is CC(C)C(NC(=O)c1csc(CN)n1)c1nc(C2CC2)no1.Cl. The Morgan fingerprint density at radius 3 is 2.78 bits per heavy atom. The molecule has 3 N–H and O–H groups in total. The summed E-state index contributed by atoms with van der Waals surface area (Å²) >= 11 is 1.38. The first-order chi connectivity index (χ1) is 10.6. The highest BCUT2D eigenvalue weighted by molar-refractivity contribution is 7.09. The number of hydrogen-bond acceptors (Lipinski definition) is 7. The first-order valence-corrected chi connectivity index (χ1v) is 8.25. The van der Waals surface area contributed by atoms with E-state index in [0.717, 1.165) is 23.7 Å². The van der Waals surface area contributed by atoms with Gasteiger partial charge in [-0.15, -0.1) is 23.7 Å². The minimum atomic E-state index is -0.324. The number of aromatic nitrogens is 3. The normalized spacial score (nSPS) is 15.3. The molecule has 9 heteroatoms. The maximum Gasteiger partial charge on any atom is 0.271 e. The monoisotopic (exact) mass is 357 g/mol. The van der Waals surface area contributed by atoms with Crippen LogP contribution in [0.25, 0.3) is 0 Å². The molecule has 0 radical (unpaired) electrons. The molecular weight excluding hydrogens is 338 g/mol. The summed E-state index contributed by atoms with van der Waals surface area (Å²) in [4.78, 5) is 20.9. The van der Waals surface area contributed by atoms with Crippen LogP contribution >= 0.6 is 23.7 Å². The van der Waals surface area contributed by atoms with Crippen LogP contribution in [0.5, 0.6) is 0 Å². The van der Waals surface area contributed by atoms with E-state index >= 15 is 0 Å². The Balaban J connectivity index is 0.00000192. The smallest absolute Gasteiger partial charge is 0.271 e. The number of halogens is 1. The van der Waals surface area contributed by atoms with Crippen LogP contribution < -0.4 is 11.1 Å². The molecule has 0 aliphatic heterocycles. The van der Waals surface area contributed by atoms with Crippen LogP contribution in [0.3, 0.4) is 0 Å². The first kappa shape index (κ1) is 17.8. The molecule has 0 aromatic carbocycles. The number of carbonyl (C=O) groups excluding carboxylic acids is 1. The van der Waals surface area contributed by atoms with Crippen molar-refractivity contribution in [3.63, 3.8) is 0 Å². The average Bonchev–Trinajstić information content (AvgIpc) is 3.04. The molecule has 2 heterocycles. The minimum absolute atomic E-state index is 0. The van der Waals surface area contributed by atoms with Gasteiger partial charge >= 0.3 is 0 Å². The van der Waals surface area contributed by atoms with Gasteiger partial charge in [0, 0.05) is 17.8 Å². The fraction of sp³-hybridized carbons (Fsp3) is 0.571. The van der Waals surface area contributed by atoms with Crippen LogP contribution in [0, 0.1) is 5.92 Å². The van der Waals surface area contributed by atoms with E-state index in [-0.39, 0.29) is 30.3 Å². The van der Waals surface area contributed by atoms with Gasteiger partial charge in [0.1, 0.15) is 16.7 Å². The molecule has 2 aromatic heterocycles. The van der Waals surface area contributed by atoms with Crippen LogP contribution in [0.15, 0.2) is 9.90 Å². The van der Waals surface area contributed by atoms with Crippen molar-refractivity contribution in [3.8, 4) is 0 Å².